The summed E-state index contributed by atoms with van der Waals surface area (Å²) in [5, 5.41) is 25.0. The second kappa shape index (κ2) is 8.92. The van der Waals surface area contributed by atoms with Gasteiger partial charge in [-0.05, 0) is 12.1 Å². The summed E-state index contributed by atoms with van der Waals surface area (Å²) < 4.78 is 0. The number of para-hydroxylation sites is 1. The van der Waals surface area contributed by atoms with E-state index in [4.69, 9.17) is 26.2 Å². The SMILES string of the molecule is NC(=NCCO)Nc1ccccc1.O=[N+]([O-])O. The molecule has 0 fully saturated rings. The minimum atomic E-state index is -1.50. The molecule has 0 heterocycles. The zero-order chi connectivity index (χ0) is 13.1. The van der Waals surface area contributed by atoms with Crippen LogP contribution < -0.4 is 11.1 Å². The smallest absolute Gasteiger partial charge is 0.291 e. The number of guanidine groups is 1. The molecule has 94 valence electrons. The molecule has 1 aromatic carbocycles. The summed E-state index contributed by atoms with van der Waals surface area (Å²) in [5.74, 6) is 0.320. The van der Waals surface area contributed by atoms with Crippen molar-refractivity contribution in [2.45, 2.75) is 0 Å². The van der Waals surface area contributed by atoms with Crippen LogP contribution in [0.1, 0.15) is 0 Å². The summed E-state index contributed by atoms with van der Waals surface area (Å²) in [6, 6.07) is 9.51. The van der Waals surface area contributed by atoms with Crippen molar-refractivity contribution in [3.05, 3.63) is 40.4 Å². The number of hydrogen-bond donors (Lipinski definition) is 4. The molecule has 0 radical (unpaired) electrons. The average molecular weight is 242 g/mol. The van der Waals surface area contributed by atoms with Crippen molar-refractivity contribution in [2.75, 3.05) is 18.5 Å². The Kier molecular flexibility index (Phi) is 7.69. The molecule has 1 aromatic rings. The zero-order valence-electron chi connectivity index (χ0n) is 8.98. The number of rotatable bonds is 3. The monoisotopic (exact) mass is 242 g/mol. The Morgan fingerprint density at radius 1 is 1.47 bits per heavy atom. The number of nitrogens with two attached hydrogens (primary N) is 1. The Bertz CT molecular complexity index is 351. The van der Waals surface area contributed by atoms with Gasteiger partial charge in [-0.25, -0.2) is 0 Å². The number of nitrogens with one attached hydrogen (secondary N) is 1. The minimum absolute atomic E-state index is 0.0111. The van der Waals surface area contributed by atoms with Crippen LogP contribution in [0.5, 0.6) is 0 Å². The van der Waals surface area contributed by atoms with Gasteiger partial charge >= 0.3 is 0 Å². The Labute approximate surface area is 97.5 Å². The van der Waals surface area contributed by atoms with Gasteiger partial charge < -0.3 is 21.4 Å². The number of aliphatic hydroxyl groups is 1. The molecule has 0 bridgehead atoms. The summed E-state index contributed by atoms with van der Waals surface area (Å²) in [4.78, 5) is 12.2. The van der Waals surface area contributed by atoms with Crippen LogP contribution in [0.2, 0.25) is 0 Å². The molecule has 5 N–H and O–H groups in total. The fraction of sp³-hybridized carbons (Fsp3) is 0.222. The van der Waals surface area contributed by atoms with Crippen molar-refractivity contribution < 1.29 is 15.4 Å². The normalized spacial score (nSPS) is 10.1. The van der Waals surface area contributed by atoms with Gasteiger partial charge in [0.15, 0.2) is 5.96 Å². The quantitative estimate of drug-likeness (QED) is 0.256. The topological polar surface area (TPSA) is 134 Å². The molecule has 0 amide bonds. The highest BCUT2D eigenvalue weighted by atomic mass is 16.9. The molecule has 0 atom stereocenters. The van der Waals surface area contributed by atoms with Gasteiger partial charge in [0.2, 0.25) is 0 Å². The zero-order valence-corrected chi connectivity index (χ0v) is 8.98. The average Bonchev–Trinajstić information content (AvgIpc) is 2.27. The third-order valence-electron chi connectivity index (χ3n) is 1.43. The molecule has 0 unspecified atom stereocenters. The van der Waals surface area contributed by atoms with Gasteiger partial charge in [0.1, 0.15) is 0 Å². The molecule has 17 heavy (non-hydrogen) atoms. The molecule has 0 saturated heterocycles. The van der Waals surface area contributed by atoms with E-state index in [0.29, 0.717) is 12.5 Å². The van der Waals surface area contributed by atoms with Crippen molar-refractivity contribution in [1.29, 1.82) is 0 Å². The summed E-state index contributed by atoms with van der Waals surface area (Å²) in [6.07, 6.45) is 0. The van der Waals surface area contributed by atoms with E-state index in [1.807, 2.05) is 30.3 Å². The fourth-order valence-corrected chi connectivity index (χ4v) is 0.879. The summed E-state index contributed by atoms with van der Waals surface area (Å²) in [6.45, 7) is 0.336. The maximum Gasteiger partial charge on any atom is 0.291 e. The molecule has 0 aliphatic heterocycles. The Morgan fingerprint density at radius 2 is 2.00 bits per heavy atom. The molecular weight excluding hydrogens is 228 g/mol. The standard InChI is InChI=1S/C9H13N3O.HNO3/c10-9(11-6-7-13)12-8-4-2-1-3-5-8;2-1(3)4/h1-5,13H,6-7H2,(H3,10,11,12);(H,2,3,4). The van der Waals surface area contributed by atoms with E-state index in [-0.39, 0.29) is 6.61 Å². The van der Waals surface area contributed by atoms with Gasteiger partial charge in [-0.2, -0.15) is 0 Å². The van der Waals surface area contributed by atoms with E-state index in [1.54, 1.807) is 0 Å². The van der Waals surface area contributed by atoms with Crippen LogP contribution >= 0.6 is 0 Å². The van der Waals surface area contributed by atoms with Crippen molar-refractivity contribution in [1.82, 2.24) is 0 Å². The lowest BCUT2D eigenvalue weighted by Gasteiger charge is -2.03. The van der Waals surface area contributed by atoms with Gasteiger partial charge in [0.25, 0.3) is 5.09 Å². The first kappa shape index (κ1) is 14.6. The Balaban J connectivity index is 0.000000557. The van der Waals surface area contributed by atoms with Gasteiger partial charge in [-0.15, -0.1) is 10.1 Å². The van der Waals surface area contributed by atoms with Gasteiger partial charge in [0, 0.05) is 5.69 Å². The molecule has 0 aliphatic rings. The summed E-state index contributed by atoms with van der Waals surface area (Å²) in [7, 11) is 0. The maximum absolute atomic E-state index is 8.49. The second-order valence-corrected chi connectivity index (χ2v) is 2.72. The highest BCUT2D eigenvalue weighted by molar-refractivity contribution is 5.92. The molecule has 0 aromatic heterocycles. The predicted molar refractivity (Wildman–Crippen MR) is 62.4 cm³/mol. The lowest BCUT2D eigenvalue weighted by molar-refractivity contribution is -0.742. The molecule has 0 saturated carbocycles. The van der Waals surface area contributed by atoms with Crippen LogP contribution in [0.4, 0.5) is 5.69 Å². The predicted octanol–water partition coefficient (Wildman–Crippen LogP) is 0.0578. The second-order valence-electron chi connectivity index (χ2n) is 2.72. The molecular formula is C9H14N4O4. The van der Waals surface area contributed by atoms with Crippen molar-refractivity contribution >= 4 is 11.6 Å². The van der Waals surface area contributed by atoms with Crippen LogP contribution in [0.15, 0.2) is 35.3 Å². The van der Waals surface area contributed by atoms with Crippen LogP contribution in [-0.4, -0.2) is 34.5 Å². The number of aliphatic hydroxyl groups excluding tert-OH is 1. The maximum atomic E-state index is 8.49. The van der Waals surface area contributed by atoms with E-state index in [2.05, 4.69) is 10.3 Å². The molecule has 8 nitrogen and oxygen atoms in total. The lowest BCUT2D eigenvalue weighted by atomic mass is 10.3. The van der Waals surface area contributed by atoms with Crippen LogP contribution in [-0.2, 0) is 0 Å². The number of benzene rings is 1. The lowest BCUT2D eigenvalue weighted by Crippen LogP contribution is -2.23. The fourth-order valence-electron chi connectivity index (χ4n) is 0.879. The van der Waals surface area contributed by atoms with Crippen LogP contribution in [0.25, 0.3) is 0 Å². The first-order valence-corrected chi connectivity index (χ1v) is 4.62. The van der Waals surface area contributed by atoms with Crippen LogP contribution in [0, 0.1) is 10.1 Å². The highest BCUT2D eigenvalue weighted by Gasteiger charge is 1.91. The Hall–Kier alpha value is -2.35. The van der Waals surface area contributed by atoms with Gasteiger partial charge in [0.05, 0.1) is 13.2 Å². The van der Waals surface area contributed by atoms with Crippen molar-refractivity contribution in [2.24, 2.45) is 10.7 Å². The molecule has 0 spiro atoms. The number of aliphatic imine (C=N–C) groups is 1. The minimum Gasteiger partial charge on any atom is -0.394 e. The molecule has 1 rings (SSSR count). The van der Waals surface area contributed by atoms with E-state index in [9.17, 15) is 0 Å². The van der Waals surface area contributed by atoms with Crippen molar-refractivity contribution in [3.63, 3.8) is 0 Å². The third kappa shape index (κ3) is 9.94. The first-order valence-electron chi connectivity index (χ1n) is 4.62. The summed E-state index contributed by atoms with van der Waals surface area (Å²) in [5.41, 5.74) is 6.41. The van der Waals surface area contributed by atoms with E-state index >= 15 is 0 Å². The van der Waals surface area contributed by atoms with Gasteiger partial charge in [-0.3, -0.25) is 4.99 Å². The van der Waals surface area contributed by atoms with E-state index in [1.165, 1.54) is 0 Å². The Morgan fingerprint density at radius 3 is 2.47 bits per heavy atom. The molecule has 8 heteroatoms. The van der Waals surface area contributed by atoms with Crippen molar-refractivity contribution in [3.8, 4) is 0 Å². The summed E-state index contributed by atoms with van der Waals surface area (Å²) >= 11 is 0. The molecule has 0 aliphatic carbocycles. The van der Waals surface area contributed by atoms with E-state index in [0.717, 1.165) is 5.69 Å². The van der Waals surface area contributed by atoms with Crippen LogP contribution in [0.3, 0.4) is 0 Å². The first-order chi connectivity index (χ1) is 8.06. The third-order valence-corrected chi connectivity index (χ3v) is 1.43. The number of hydrogen-bond acceptors (Lipinski definition) is 4. The number of anilines is 1. The van der Waals surface area contributed by atoms with Gasteiger partial charge in [-0.1, -0.05) is 18.2 Å². The van der Waals surface area contributed by atoms with E-state index < -0.39 is 5.09 Å². The largest absolute Gasteiger partial charge is 0.394 e. The number of nitrogens with zero attached hydrogens (tertiary/aromatic N) is 2. The highest BCUT2D eigenvalue weighted by Crippen LogP contribution is 2.03.